The van der Waals surface area contributed by atoms with Crippen LogP contribution in [0.2, 0.25) is 0 Å². The summed E-state index contributed by atoms with van der Waals surface area (Å²) < 4.78 is 29.7. The van der Waals surface area contributed by atoms with Gasteiger partial charge in [-0.1, -0.05) is 0 Å². The summed E-state index contributed by atoms with van der Waals surface area (Å²) in [6.45, 7) is 5.08. The first-order valence-corrected chi connectivity index (χ1v) is 11.7. The van der Waals surface area contributed by atoms with Gasteiger partial charge in [-0.15, -0.1) is 0 Å². The number of sulfone groups is 1. The minimum atomic E-state index is -2.96. The Morgan fingerprint density at radius 1 is 1.24 bits per heavy atom. The number of rotatable bonds is 2. The number of pyridine rings is 1. The molecule has 2 aromatic heterocycles. The number of fused-ring (bicyclic) bond motifs is 2. The molecular weight excluding hydrogens is 392 g/mol. The van der Waals surface area contributed by atoms with Gasteiger partial charge in [-0.05, 0) is 26.0 Å². The molecule has 0 bridgehead atoms. The smallest absolute Gasteiger partial charge is 0.164 e. The van der Waals surface area contributed by atoms with Crippen LogP contribution in [-0.2, 0) is 16.4 Å². The molecule has 0 aliphatic carbocycles. The van der Waals surface area contributed by atoms with Crippen molar-refractivity contribution >= 4 is 27.2 Å². The number of aryl methyl sites for hydroxylation is 1. The Bertz CT molecular complexity index is 1040. The van der Waals surface area contributed by atoms with Gasteiger partial charge in [-0.2, -0.15) is 0 Å². The van der Waals surface area contributed by atoms with Crippen LogP contribution in [0.15, 0.2) is 12.4 Å². The van der Waals surface area contributed by atoms with Crippen molar-refractivity contribution in [1.29, 1.82) is 0 Å². The van der Waals surface area contributed by atoms with Crippen LogP contribution in [0.3, 0.4) is 0 Å². The van der Waals surface area contributed by atoms with Gasteiger partial charge in [0.25, 0.3) is 0 Å². The lowest BCUT2D eigenvalue weighted by atomic mass is 10.0. The molecule has 5 heterocycles. The van der Waals surface area contributed by atoms with E-state index in [2.05, 4.69) is 26.7 Å². The van der Waals surface area contributed by atoms with Gasteiger partial charge < -0.3 is 20.3 Å². The Kier molecular flexibility index (Phi) is 4.54. The Morgan fingerprint density at radius 2 is 2.07 bits per heavy atom. The van der Waals surface area contributed by atoms with E-state index in [9.17, 15) is 8.42 Å². The lowest BCUT2D eigenvalue weighted by Crippen LogP contribution is -2.41. The average molecular weight is 417 g/mol. The summed E-state index contributed by atoms with van der Waals surface area (Å²) >= 11 is 0. The molecule has 3 aliphatic rings. The van der Waals surface area contributed by atoms with E-state index in [0.29, 0.717) is 31.4 Å². The lowest BCUT2D eigenvalue weighted by Gasteiger charge is -2.29. The first kappa shape index (κ1) is 18.6. The van der Waals surface area contributed by atoms with Crippen LogP contribution in [0.25, 0.3) is 0 Å². The van der Waals surface area contributed by atoms with E-state index >= 15 is 0 Å². The second-order valence-electron chi connectivity index (χ2n) is 7.78. The van der Waals surface area contributed by atoms with Crippen molar-refractivity contribution in [1.82, 2.24) is 20.3 Å². The zero-order chi connectivity index (χ0) is 20.0. The van der Waals surface area contributed by atoms with Gasteiger partial charge in [0.05, 0.1) is 28.5 Å². The highest BCUT2D eigenvalue weighted by molar-refractivity contribution is 7.91. The number of hydrogen-bond acceptors (Lipinski definition) is 9. The third kappa shape index (κ3) is 3.51. The summed E-state index contributed by atoms with van der Waals surface area (Å²) in [5, 5.41) is 6.81. The Morgan fingerprint density at radius 3 is 2.83 bits per heavy atom. The van der Waals surface area contributed by atoms with E-state index in [1.54, 1.807) is 0 Å². The molecular formula is C19H24N6O3S. The van der Waals surface area contributed by atoms with Crippen molar-refractivity contribution in [3.05, 3.63) is 29.3 Å². The van der Waals surface area contributed by atoms with Gasteiger partial charge >= 0.3 is 0 Å². The van der Waals surface area contributed by atoms with Crippen molar-refractivity contribution in [3.8, 4) is 5.75 Å². The van der Waals surface area contributed by atoms with Crippen LogP contribution in [0.1, 0.15) is 29.3 Å². The molecule has 5 rings (SSSR count). The highest BCUT2D eigenvalue weighted by Gasteiger charge is 2.28. The third-order valence-electron chi connectivity index (χ3n) is 5.82. The van der Waals surface area contributed by atoms with Crippen molar-refractivity contribution in [2.75, 3.05) is 47.9 Å². The van der Waals surface area contributed by atoms with E-state index in [1.807, 2.05) is 11.8 Å². The Hall–Kier alpha value is -2.46. The van der Waals surface area contributed by atoms with Crippen molar-refractivity contribution < 1.29 is 13.2 Å². The maximum atomic E-state index is 11.8. The summed E-state index contributed by atoms with van der Waals surface area (Å²) in [5.74, 6) is 2.84. The summed E-state index contributed by atoms with van der Waals surface area (Å²) in [4.78, 5) is 15.7. The second kappa shape index (κ2) is 7.10. The van der Waals surface area contributed by atoms with E-state index in [4.69, 9.17) is 9.72 Å². The topological polar surface area (TPSA) is 109 Å². The van der Waals surface area contributed by atoms with Gasteiger partial charge in [0, 0.05) is 31.2 Å². The van der Waals surface area contributed by atoms with E-state index in [0.717, 1.165) is 53.7 Å². The summed E-state index contributed by atoms with van der Waals surface area (Å²) in [7, 11) is -2.96. The highest BCUT2D eigenvalue weighted by atomic mass is 32.2. The van der Waals surface area contributed by atoms with Crippen LogP contribution < -0.4 is 20.3 Å². The Balaban J connectivity index is 1.48. The summed E-state index contributed by atoms with van der Waals surface area (Å²) in [6, 6.07) is 2.06. The fourth-order valence-corrected chi connectivity index (χ4v) is 5.39. The molecule has 2 fully saturated rings. The fourth-order valence-electron chi connectivity index (χ4n) is 4.19. The molecule has 154 valence electrons. The molecule has 0 radical (unpaired) electrons. The first-order chi connectivity index (χ1) is 14.0. The summed E-state index contributed by atoms with van der Waals surface area (Å²) in [5.41, 5.74) is 3.61. The maximum Gasteiger partial charge on any atom is 0.164 e. The van der Waals surface area contributed by atoms with Gasteiger partial charge in [-0.3, -0.25) is 4.98 Å². The molecule has 1 atom stereocenters. The van der Waals surface area contributed by atoms with Crippen LogP contribution in [0.4, 0.5) is 17.3 Å². The van der Waals surface area contributed by atoms with Gasteiger partial charge in [-0.25, -0.2) is 18.4 Å². The van der Waals surface area contributed by atoms with Crippen molar-refractivity contribution in [2.24, 2.45) is 0 Å². The molecule has 9 nitrogen and oxygen atoms in total. The van der Waals surface area contributed by atoms with Crippen LogP contribution >= 0.6 is 0 Å². The van der Waals surface area contributed by atoms with Gasteiger partial charge in [0.1, 0.15) is 24.6 Å². The largest absolute Gasteiger partial charge is 0.485 e. The van der Waals surface area contributed by atoms with Crippen LogP contribution in [0.5, 0.6) is 5.75 Å². The Labute approximate surface area is 169 Å². The first-order valence-electron chi connectivity index (χ1n) is 9.91. The average Bonchev–Trinajstić information content (AvgIpc) is 3.16. The monoisotopic (exact) mass is 416 g/mol. The fraction of sp³-hybridized carbons (Fsp3) is 0.526. The molecule has 3 aliphatic heterocycles. The quantitative estimate of drug-likeness (QED) is 0.744. The molecule has 0 amide bonds. The molecule has 29 heavy (non-hydrogen) atoms. The molecule has 1 unspecified atom stereocenters. The number of ether oxygens (including phenoxy) is 1. The zero-order valence-electron chi connectivity index (χ0n) is 16.3. The van der Waals surface area contributed by atoms with E-state index < -0.39 is 9.84 Å². The van der Waals surface area contributed by atoms with Gasteiger partial charge in [0.15, 0.2) is 15.6 Å². The molecule has 2 N–H and O–H groups in total. The number of hydrogen-bond donors (Lipinski definition) is 2. The van der Waals surface area contributed by atoms with Crippen LogP contribution in [0, 0.1) is 6.92 Å². The maximum absolute atomic E-state index is 11.8. The standard InChI is InChI=1S/C19H24N6O3S/c1-12-17-16(8-15(23-12)13-2-3-20-9-13)24-18-14(10-28-17)19(22-11-21-18)25-4-6-29(26,27)7-5-25/h8,11,13,20H,2-7,9-10H2,1H3,(H,21,22,24). The number of nitrogens with zero attached hydrogens (tertiary/aromatic N) is 4. The number of nitrogens with one attached hydrogen (secondary N) is 2. The predicted octanol–water partition coefficient (Wildman–Crippen LogP) is 1.13. The molecule has 2 saturated heterocycles. The van der Waals surface area contributed by atoms with E-state index in [-0.39, 0.29) is 11.5 Å². The molecule has 0 aromatic carbocycles. The minimum absolute atomic E-state index is 0.141. The normalized spacial score (nSPS) is 22.8. The van der Waals surface area contributed by atoms with Crippen molar-refractivity contribution in [3.63, 3.8) is 0 Å². The molecule has 2 aromatic rings. The third-order valence-corrected chi connectivity index (χ3v) is 7.43. The molecule has 10 heteroatoms. The predicted molar refractivity (Wildman–Crippen MR) is 110 cm³/mol. The second-order valence-corrected chi connectivity index (χ2v) is 10.1. The highest BCUT2D eigenvalue weighted by Crippen LogP contribution is 2.39. The molecule has 0 saturated carbocycles. The minimum Gasteiger partial charge on any atom is -0.485 e. The zero-order valence-corrected chi connectivity index (χ0v) is 17.1. The van der Waals surface area contributed by atoms with E-state index in [1.165, 1.54) is 6.33 Å². The van der Waals surface area contributed by atoms with Crippen molar-refractivity contribution in [2.45, 2.75) is 25.9 Å². The van der Waals surface area contributed by atoms with Gasteiger partial charge in [0.2, 0.25) is 0 Å². The SMILES string of the molecule is Cc1nc(C2CCNC2)cc2c1OCc1c(ncnc1N1CCS(=O)(=O)CC1)N2. The lowest BCUT2D eigenvalue weighted by molar-refractivity contribution is 0.306. The summed E-state index contributed by atoms with van der Waals surface area (Å²) in [6.07, 6.45) is 2.60. The molecule has 0 spiro atoms. The van der Waals surface area contributed by atoms with Crippen LogP contribution in [-0.4, -0.2) is 61.1 Å². The number of anilines is 3. The number of aromatic nitrogens is 3.